The lowest BCUT2D eigenvalue weighted by Gasteiger charge is -2.08. The van der Waals surface area contributed by atoms with Crippen molar-refractivity contribution in [3.8, 4) is 5.75 Å². The van der Waals surface area contributed by atoms with Gasteiger partial charge in [0, 0.05) is 17.1 Å². The Morgan fingerprint density at radius 2 is 2.19 bits per heavy atom. The van der Waals surface area contributed by atoms with Crippen molar-refractivity contribution in [2.75, 3.05) is 6.61 Å². The molecule has 0 unspecified atom stereocenters. The summed E-state index contributed by atoms with van der Waals surface area (Å²) in [6.07, 6.45) is 0.951. The SMILES string of the molecule is CCCOc1cccc2c(=O)cc(C)[nH]c12. The Kier molecular flexibility index (Phi) is 2.95. The number of aromatic nitrogens is 1. The highest BCUT2D eigenvalue weighted by atomic mass is 16.5. The number of nitrogens with one attached hydrogen (secondary N) is 1. The first kappa shape index (κ1) is 10.7. The normalized spacial score (nSPS) is 10.6. The van der Waals surface area contributed by atoms with Crippen LogP contribution in [-0.4, -0.2) is 11.6 Å². The Balaban J connectivity index is 2.62. The molecule has 2 aromatic rings. The summed E-state index contributed by atoms with van der Waals surface area (Å²) in [5.74, 6) is 0.750. The van der Waals surface area contributed by atoms with Crippen LogP contribution in [0.1, 0.15) is 19.0 Å². The number of ether oxygens (including phenoxy) is 1. The van der Waals surface area contributed by atoms with E-state index in [1.807, 2.05) is 25.1 Å². The second-order valence-corrected chi connectivity index (χ2v) is 3.84. The highest BCUT2D eigenvalue weighted by Gasteiger charge is 2.05. The standard InChI is InChI=1S/C13H15NO2/c1-3-7-16-12-6-4-5-10-11(15)8-9(2)14-13(10)12/h4-6,8H,3,7H2,1-2H3,(H,14,15). The van der Waals surface area contributed by atoms with E-state index in [1.54, 1.807) is 6.07 Å². The Labute approximate surface area is 94.1 Å². The molecule has 16 heavy (non-hydrogen) atoms. The molecule has 0 aliphatic heterocycles. The molecule has 0 fully saturated rings. The predicted molar refractivity (Wildman–Crippen MR) is 65.1 cm³/mol. The highest BCUT2D eigenvalue weighted by molar-refractivity contribution is 5.84. The molecule has 0 bridgehead atoms. The number of aryl methyl sites for hydroxylation is 1. The third-order valence-electron chi connectivity index (χ3n) is 2.42. The molecule has 0 atom stereocenters. The van der Waals surface area contributed by atoms with Crippen LogP contribution >= 0.6 is 0 Å². The fourth-order valence-electron chi connectivity index (χ4n) is 1.71. The number of para-hydroxylation sites is 1. The first-order chi connectivity index (χ1) is 7.72. The second-order valence-electron chi connectivity index (χ2n) is 3.84. The van der Waals surface area contributed by atoms with Gasteiger partial charge in [-0.05, 0) is 25.5 Å². The Hall–Kier alpha value is -1.77. The summed E-state index contributed by atoms with van der Waals surface area (Å²) in [7, 11) is 0. The van der Waals surface area contributed by atoms with Crippen molar-refractivity contribution in [2.45, 2.75) is 20.3 Å². The molecule has 1 aromatic heterocycles. The monoisotopic (exact) mass is 217 g/mol. The van der Waals surface area contributed by atoms with E-state index < -0.39 is 0 Å². The molecule has 0 aliphatic rings. The largest absolute Gasteiger partial charge is 0.491 e. The smallest absolute Gasteiger partial charge is 0.189 e. The fourth-order valence-corrected chi connectivity index (χ4v) is 1.71. The quantitative estimate of drug-likeness (QED) is 0.858. The number of hydrogen-bond donors (Lipinski definition) is 1. The van der Waals surface area contributed by atoms with E-state index in [0.717, 1.165) is 23.4 Å². The van der Waals surface area contributed by atoms with Gasteiger partial charge in [-0.3, -0.25) is 4.79 Å². The molecule has 0 amide bonds. The van der Waals surface area contributed by atoms with Crippen molar-refractivity contribution in [1.82, 2.24) is 4.98 Å². The lowest BCUT2D eigenvalue weighted by molar-refractivity contribution is 0.320. The molecular formula is C13H15NO2. The van der Waals surface area contributed by atoms with Gasteiger partial charge >= 0.3 is 0 Å². The molecule has 1 heterocycles. The van der Waals surface area contributed by atoms with Crippen molar-refractivity contribution in [3.63, 3.8) is 0 Å². The maximum Gasteiger partial charge on any atom is 0.189 e. The van der Waals surface area contributed by atoms with E-state index in [4.69, 9.17) is 4.74 Å². The molecule has 84 valence electrons. The topological polar surface area (TPSA) is 42.1 Å². The van der Waals surface area contributed by atoms with Gasteiger partial charge in [0.05, 0.1) is 12.1 Å². The minimum atomic E-state index is 0.0354. The molecule has 0 saturated heterocycles. The molecule has 3 heteroatoms. The summed E-state index contributed by atoms with van der Waals surface area (Å²) in [6, 6.07) is 7.14. The molecule has 2 rings (SSSR count). The van der Waals surface area contributed by atoms with Gasteiger partial charge in [-0.2, -0.15) is 0 Å². The lowest BCUT2D eigenvalue weighted by Crippen LogP contribution is -2.05. The third kappa shape index (κ3) is 1.94. The van der Waals surface area contributed by atoms with Crippen molar-refractivity contribution < 1.29 is 4.74 Å². The molecule has 0 radical (unpaired) electrons. The summed E-state index contributed by atoms with van der Waals surface area (Å²) in [5.41, 5.74) is 1.68. The van der Waals surface area contributed by atoms with Gasteiger partial charge in [-0.15, -0.1) is 0 Å². The number of benzene rings is 1. The summed E-state index contributed by atoms with van der Waals surface area (Å²) >= 11 is 0. The average molecular weight is 217 g/mol. The average Bonchev–Trinajstić information content (AvgIpc) is 2.26. The van der Waals surface area contributed by atoms with Crippen molar-refractivity contribution in [2.24, 2.45) is 0 Å². The highest BCUT2D eigenvalue weighted by Crippen LogP contribution is 2.21. The van der Waals surface area contributed by atoms with Crippen LogP contribution in [0.3, 0.4) is 0 Å². The summed E-state index contributed by atoms with van der Waals surface area (Å²) in [4.78, 5) is 14.9. The van der Waals surface area contributed by atoms with E-state index in [0.29, 0.717) is 12.0 Å². The number of H-pyrrole nitrogens is 1. The van der Waals surface area contributed by atoms with Crippen molar-refractivity contribution in [3.05, 3.63) is 40.2 Å². The summed E-state index contributed by atoms with van der Waals surface area (Å²) in [5, 5.41) is 0.680. The Morgan fingerprint density at radius 3 is 2.94 bits per heavy atom. The van der Waals surface area contributed by atoms with E-state index in [-0.39, 0.29) is 5.43 Å². The van der Waals surface area contributed by atoms with Crippen LogP contribution in [-0.2, 0) is 0 Å². The molecule has 1 aromatic carbocycles. The minimum absolute atomic E-state index is 0.0354. The first-order valence-electron chi connectivity index (χ1n) is 5.48. The van der Waals surface area contributed by atoms with Crippen LogP contribution in [0.2, 0.25) is 0 Å². The van der Waals surface area contributed by atoms with E-state index >= 15 is 0 Å². The number of pyridine rings is 1. The fraction of sp³-hybridized carbons (Fsp3) is 0.308. The van der Waals surface area contributed by atoms with Gasteiger partial charge in [0.1, 0.15) is 5.75 Å². The van der Waals surface area contributed by atoms with E-state index in [2.05, 4.69) is 11.9 Å². The molecule has 0 aliphatic carbocycles. The molecular weight excluding hydrogens is 202 g/mol. The molecule has 0 spiro atoms. The number of aromatic amines is 1. The van der Waals surface area contributed by atoms with Gasteiger partial charge in [-0.1, -0.05) is 13.0 Å². The zero-order valence-electron chi connectivity index (χ0n) is 9.54. The van der Waals surface area contributed by atoms with Crippen LogP contribution in [0.4, 0.5) is 0 Å². The Morgan fingerprint density at radius 1 is 1.38 bits per heavy atom. The van der Waals surface area contributed by atoms with Crippen LogP contribution in [0.15, 0.2) is 29.1 Å². The van der Waals surface area contributed by atoms with Gasteiger partial charge in [0.25, 0.3) is 0 Å². The molecule has 3 nitrogen and oxygen atoms in total. The minimum Gasteiger partial charge on any atom is -0.491 e. The third-order valence-corrected chi connectivity index (χ3v) is 2.42. The van der Waals surface area contributed by atoms with Crippen molar-refractivity contribution in [1.29, 1.82) is 0 Å². The van der Waals surface area contributed by atoms with E-state index in [1.165, 1.54) is 0 Å². The number of fused-ring (bicyclic) bond motifs is 1. The summed E-state index contributed by atoms with van der Waals surface area (Å²) in [6.45, 7) is 4.59. The maximum absolute atomic E-state index is 11.8. The Bertz CT molecular complexity index is 557. The number of rotatable bonds is 3. The molecule has 0 saturated carbocycles. The summed E-state index contributed by atoms with van der Waals surface area (Å²) < 4.78 is 5.61. The zero-order valence-corrected chi connectivity index (χ0v) is 9.54. The predicted octanol–water partition coefficient (Wildman–Crippen LogP) is 2.63. The van der Waals surface area contributed by atoms with Gasteiger partial charge in [0.2, 0.25) is 0 Å². The van der Waals surface area contributed by atoms with Crippen LogP contribution in [0.25, 0.3) is 10.9 Å². The lowest BCUT2D eigenvalue weighted by atomic mass is 10.2. The van der Waals surface area contributed by atoms with Crippen LogP contribution in [0.5, 0.6) is 5.75 Å². The number of hydrogen-bond acceptors (Lipinski definition) is 2. The van der Waals surface area contributed by atoms with Gasteiger partial charge in [0.15, 0.2) is 5.43 Å². The van der Waals surface area contributed by atoms with Gasteiger partial charge < -0.3 is 9.72 Å². The first-order valence-corrected chi connectivity index (χ1v) is 5.48. The van der Waals surface area contributed by atoms with Crippen LogP contribution < -0.4 is 10.2 Å². The van der Waals surface area contributed by atoms with Gasteiger partial charge in [-0.25, -0.2) is 0 Å². The van der Waals surface area contributed by atoms with Crippen LogP contribution in [0, 0.1) is 6.92 Å². The second kappa shape index (κ2) is 4.39. The molecule has 1 N–H and O–H groups in total. The maximum atomic E-state index is 11.8. The van der Waals surface area contributed by atoms with Crippen molar-refractivity contribution >= 4 is 10.9 Å². The zero-order chi connectivity index (χ0) is 11.5. The van der Waals surface area contributed by atoms with E-state index in [9.17, 15) is 4.79 Å².